The summed E-state index contributed by atoms with van der Waals surface area (Å²) in [5.41, 5.74) is 3.39. The van der Waals surface area contributed by atoms with Crippen molar-refractivity contribution in [2.24, 2.45) is 5.84 Å². The van der Waals surface area contributed by atoms with Crippen LogP contribution < -0.4 is 16.6 Å². The Kier molecular flexibility index (Phi) is 4.14. The van der Waals surface area contributed by atoms with E-state index >= 15 is 0 Å². The molecule has 0 saturated heterocycles. The maximum Gasteiger partial charge on any atom is 0.253 e. The van der Waals surface area contributed by atoms with E-state index in [0.717, 1.165) is 5.01 Å². The molecule has 1 aromatic carbocycles. The Labute approximate surface area is 113 Å². The molecule has 0 aliphatic heterocycles. The third kappa shape index (κ3) is 2.98. The van der Waals surface area contributed by atoms with Crippen molar-refractivity contribution in [1.29, 1.82) is 0 Å². The van der Waals surface area contributed by atoms with E-state index in [1.807, 2.05) is 5.38 Å². The molecule has 0 radical (unpaired) electrons. The molecular formula is C11H11ClN4OS. The molecule has 0 aliphatic rings. The van der Waals surface area contributed by atoms with E-state index in [4.69, 9.17) is 17.4 Å². The van der Waals surface area contributed by atoms with Crippen molar-refractivity contribution < 1.29 is 4.79 Å². The quantitative estimate of drug-likeness (QED) is 0.592. The zero-order valence-electron chi connectivity index (χ0n) is 9.31. The summed E-state index contributed by atoms with van der Waals surface area (Å²) >= 11 is 7.34. The van der Waals surface area contributed by atoms with Crippen molar-refractivity contribution in [1.82, 2.24) is 10.3 Å². The summed E-state index contributed by atoms with van der Waals surface area (Å²) in [4.78, 5) is 16.1. The van der Waals surface area contributed by atoms with Gasteiger partial charge in [-0.1, -0.05) is 11.6 Å². The van der Waals surface area contributed by atoms with Crippen LogP contribution in [0.5, 0.6) is 0 Å². The van der Waals surface area contributed by atoms with Gasteiger partial charge in [0, 0.05) is 16.6 Å². The highest BCUT2D eigenvalue weighted by molar-refractivity contribution is 7.09. The van der Waals surface area contributed by atoms with Crippen molar-refractivity contribution in [3.05, 3.63) is 45.4 Å². The Bertz CT molecular complexity index is 544. The number of aromatic nitrogens is 1. The molecule has 7 heteroatoms. The summed E-state index contributed by atoms with van der Waals surface area (Å²) in [5, 5.41) is 5.93. The first kappa shape index (κ1) is 12.8. The molecular weight excluding hydrogens is 272 g/mol. The number of hydrogen-bond donors (Lipinski definition) is 3. The number of anilines is 1. The van der Waals surface area contributed by atoms with Gasteiger partial charge in [-0.15, -0.1) is 11.3 Å². The van der Waals surface area contributed by atoms with Crippen LogP contribution in [-0.4, -0.2) is 10.9 Å². The van der Waals surface area contributed by atoms with Gasteiger partial charge in [-0.25, -0.2) is 4.98 Å². The molecule has 18 heavy (non-hydrogen) atoms. The van der Waals surface area contributed by atoms with Crippen molar-refractivity contribution in [2.75, 3.05) is 5.43 Å². The van der Waals surface area contributed by atoms with Gasteiger partial charge in [-0.05, 0) is 18.2 Å². The Morgan fingerprint density at radius 3 is 3.00 bits per heavy atom. The number of hydrazine groups is 1. The average molecular weight is 283 g/mol. The second-order valence-electron chi connectivity index (χ2n) is 3.44. The number of halogens is 1. The lowest BCUT2D eigenvalue weighted by molar-refractivity contribution is 0.0951. The van der Waals surface area contributed by atoms with Gasteiger partial charge in [0.25, 0.3) is 5.91 Å². The molecule has 0 fully saturated rings. The molecule has 4 N–H and O–H groups in total. The topological polar surface area (TPSA) is 80.0 Å². The van der Waals surface area contributed by atoms with Crippen LogP contribution >= 0.6 is 22.9 Å². The molecule has 1 aromatic heterocycles. The van der Waals surface area contributed by atoms with Gasteiger partial charge < -0.3 is 10.7 Å². The van der Waals surface area contributed by atoms with Crippen LogP contribution in [0.15, 0.2) is 29.8 Å². The highest BCUT2D eigenvalue weighted by Gasteiger charge is 2.11. The van der Waals surface area contributed by atoms with Crippen LogP contribution in [0, 0.1) is 0 Å². The van der Waals surface area contributed by atoms with E-state index in [9.17, 15) is 4.79 Å². The zero-order chi connectivity index (χ0) is 13.0. The number of carbonyl (C=O) groups is 1. The molecule has 0 aliphatic carbocycles. The predicted octanol–water partition coefficient (Wildman–Crippen LogP) is 2.01. The Morgan fingerprint density at radius 2 is 2.33 bits per heavy atom. The summed E-state index contributed by atoms with van der Waals surface area (Å²) in [5.74, 6) is 5.10. The minimum atomic E-state index is -0.249. The van der Waals surface area contributed by atoms with Gasteiger partial charge in [0.1, 0.15) is 5.01 Å². The standard InChI is InChI=1S/C11H11ClN4OS/c12-7-1-2-9(16-13)8(5-7)11(17)15-6-10-14-3-4-18-10/h1-5,16H,6,13H2,(H,15,17). The molecule has 1 heterocycles. The number of nitrogen functional groups attached to an aromatic ring is 1. The zero-order valence-corrected chi connectivity index (χ0v) is 10.9. The number of carbonyl (C=O) groups excluding carboxylic acids is 1. The lowest BCUT2D eigenvalue weighted by Gasteiger charge is -2.09. The number of hydrogen-bond acceptors (Lipinski definition) is 5. The molecule has 0 unspecified atom stereocenters. The van der Waals surface area contributed by atoms with Crippen molar-refractivity contribution in [2.45, 2.75) is 6.54 Å². The summed E-state index contributed by atoms with van der Waals surface area (Å²) < 4.78 is 0. The maximum absolute atomic E-state index is 12.0. The van der Waals surface area contributed by atoms with E-state index in [1.54, 1.807) is 24.4 Å². The first-order valence-electron chi connectivity index (χ1n) is 5.13. The van der Waals surface area contributed by atoms with Crippen LogP contribution in [0.4, 0.5) is 5.69 Å². The lowest BCUT2D eigenvalue weighted by atomic mass is 10.1. The molecule has 0 saturated carbocycles. The fraction of sp³-hybridized carbons (Fsp3) is 0.0909. The SMILES string of the molecule is NNc1ccc(Cl)cc1C(=O)NCc1nccs1. The molecule has 0 bridgehead atoms. The molecule has 0 spiro atoms. The summed E-state index contributed by atoms with van der Waals surface area (Å²) in [7, 11) is 0. The molecule has 0 atom stereocenters. The Balaban J connectivity index is 2.10. The summed E-state index contributed by atoms with van der Waals surface area (Å²) in [6, 6.07) is 4.88. The Hall–Kier alpha value is -1.63. The van der Waals surface area contributed by atoms with Gasteiger partial charge in [0.05, 0.1) is 17.8 Å². The third-order valence-electron chi connectivity index (χ3n) is 2.27. The summed E-state index contributed by atoms with van der Waals surface area (Å²) in [6.45, 7) is 0.382. The van der Waals surface area contributed by atoms with Gasteiger partial charge >= 0.3 is 0 Å². The number of nitrogens with one attached hydrogen (secondary N) is 2. The van der Waals surface area contributed by atoms with Crippen LogP contribution in [0.25, 0.3) is 0 Å². The highest BCUT2D eigenvalue weighted by Crippen LogP contribution is 2.19. The molecule has 94 valence electrons. The van der Waals surface area contributed by atoms with Crippen molar-refractivity contribution >= 4 is 34.5 Å². The summed E-state index contributed by atoms with van der Waals surface area (Å²) in [6.07, 6.45) is 1.69. The van der Waals surface area contributed by atoms with Crippen LogP contribution in [-0.2, 0) is 6.54 Å². The minimum Gasteiger partial charge on any atom is -0.345 e. The largest absolute Gasteiger partial charge is 0.345 e. The number of benzene rings is 1. The third-order valence-corrected chi connectivity index (χ3v) is 3.28. The molecule has 5 nitrogen and oxygen atoms in total. The number of thiazole rings is 1. The second kappa shape index (κ2) is 5.81. The minimum absolute atomic E-state index is 0.249. The predicted molar refractivity (Wildman–Crippen MR) is 72.5 cm³/mol. The van der Waals surface area contributed by atoms with Gasteiger partial charge in [0.15, 0.2) is 0 Å². The van der Waals surface area contributed by atoms with Crippen LogP contribution in [0.3, 0.4) is 0 Å². The van der Waals surface area contributed by atoms with Crippen molar-refractivity contribution in [3.8, 4) is 0 Å². The van der Waals surface area contributed by atoms with E-state index in [2.05, 4.69) is 15.7 Å². The normalized spacial score (nSPS) is 10.1. The number of nitrogens with two attached hydrogens (primary N) is 1. The maximum atomic E-state index is 12.0. The number of amides is 1. The average Bonchev–Trinajstić information content (AvgIpc) is 2.89. The lowest BCUT2D eigenvalue weighted by Crippen LogP contribution is -2.24. The smallest absolute Gasteiger partial charge is 0.253 e. The molecule has 2 aromatic rings. The Morgan fingerprint density at radius 1 is 1.50 bits per heavy atom. The van der Waals surface area contributed by atoms with E-state index < -0.39 is 0 Å². The molecule has 1 amide bonds. The second-order valence-corrected chi connectivity index (χ2v) is 4.86. The van der Waals surface area contributed by atoms with E-state index in [-0.39, 0.29) is 5.91 Å². The monoisotopic (exact) mass is 282 g/mol. The molecule has 2 rings (SSSR count). The fourth-order valence-electron chi connectivity index (χ4n) is 1.42. The number of nitrogens with zero attached hydrogens (tertiary/aromatic N) is 1. The van der Waals surface area contributed by atoms with Gasteiger partial charge in [0.2, 0.25) is 0 Å². The van der Waals surface area contributed by atoms with Crippen LogP contribution in [0.2, 0.25) is 5.02 Å². The first-order chi connectivity index (χ1) is 8.70. The first-order valence-corrected chi connectivity index (χ1v) is 6.39. The van der Waals surface area contributed by atoms with E-state index in [1.165, 1.54) is 11.3 Å². The van der Waals surface area contributed by atoms with Gasteiger partial charge in [-0.2, -0.15) is 0 Å². The number of rotatable bonds is 4. The fourth-order valence-corrected chi connectivity index (χ4v) is 2.15. The van der Waals surface area contributed by atoms with Crippen LogP contribution in [0.1, 0.15) is 15.4 Å². The van der Waals surface area contributed by atoms with E-state index in [0.29, 0.717) is 22.8 Å². The van der Waals surface area contributed by atoms with Crippen molar-refractivity contribution in [3.63, 3.8) is 0 Å². The highest BCUT2D eigenvalue weighted by atomic mass is 35.5. The van der Waals surface area contributed by atoms with Gasteiger partial charge in [-0.3, -0.25) is 10.6 Å².